The zero-order chi connectivity index (χ0) is 12.4. The first-order valence-corrected chi connectivity index (χ1v) is 7.74. The average Bonchev–Trinajstić information content (AvgIpc) is 3.08. The van der Waals surface area contributed by atoms with E-state index in [0.29, 0.717) is 0 Å². The van der Waals surface area contributed by atoms with Crippen molar-refractivity contribution in [2.75, 3.05) is 6.54 Å². The third-order valence-corrected chi connectivity index (χ3v) is 4.47. The molecule has 0 radical (unpaired) electrons. The van der Waals surface area contributed by atoms with E-state index in [2.05, 4.69) is 43.6 Å². The van der Waals surface area contributed by atoms with Crippen molar-refractivity contribution in [1.29, 1.82) is 0 Å². The molecule has 1 aliphatic rings. The summed E-state index contributed by atoms with van der Waals surface area (Å²) < 4.78 is 1.09. The third-order valence-electron chi connectivity index (χ3n) is 2.91. The van der Waals surface area contributed by atoms with Crippen molar-refractivity contribution in [3.63, 3.8) is 0 Å². The Hall–Kier alpha value is -0.780. The molecule has 1 N–H and O–H groups in total. The summed E-state index contributed by atoms with van der Waals surface area (Å²) in [5.74, 6) is 0. The summed E-state index contributed by atoms with van der Waals surface area (Å²) in [7, 11) is 0. The van der Waals surface area contributed by atoms with Crippen LogP contribution in [0.3, 0.4) is 0 Å². The van der Waals surface area contributed by atoms with Gasteiger partial charge in [-0.15, -0.1) is 10.2 Å². The largest absolute Gasteiger partial charge is 0.314 e. The lowest BCUT2D eigenvalue weighted by molar-refractivity contribution is 0.677. The Labute approximate surface area is 119 Å². The highest BCUT2D eigenvalue weighted by Crippen LogP contribution is 2.25. The second kappa shape index (κ2) is 5.47. The van der Waals surface area contributed by atoms with Gasteiger partial charge < -0.3 is 5.32 Å². The van der Waals surface area contributed by atoms with Crippen molar-refractivity contribution < 1.29 is 0 Å². The molecule has 0 spiro atoms. The van der Waals surface area contributed by atoms with E-state index < -0.39 is 0 Å². The van der Waals surface area contributed by atoms with Crippen molar-refractivity contribution >= 4 is 27.3 Å². The van der Waals surface area contributed by atoms with Crippen molar-refractivity contribution in [2.45, 2.75) is 25.3 Å². The van der Waals surface area contributed by atoms with Crippen LogP contribution in [0.2, 0.25) is 0 Å². The van der Waals surface area contributed by atoms with Crippen LogP contribution >= 0.6 is 27.3 Å². The third kappa shape index (κ3) is 3.16. The molecule has 1 aromatic carbocycles. The standard InChI is InChI=1S/C13H14BrN3S/c14-10-3-1-9(2-4-10)13-17-16-12(18-13)7-8-15-11-5-6-11/h1-4,11,15H,5-8H2. The number of nitrogens with one attached hydrogen (secondary N) is 1. The van der Waals surface area contributed by atoms with E-state index >= 15 is 0 Å². The van der Waals surface area contributed by atoms with Gasteiger partial charge in [-0.1, -0.05) is 39.4 Å². The zero-order valence-electron chi connectivity index (χ0n) is 9.90. The summed E-state index contributed by atoms with van der Waals surface area (Å²) in [4.78, 5) is 0. The molecule has 0 aliphatic heterocycles. The van der Waals surface area contributed by atoms with Gasteiger partial charge in [-0.25, -0.2) is 0 Å². The van der Waals surface area contributed by atoms with E-state index in [1.807, 2.05) is 12.1 Å². The molecule has 0 bridgehead atoms. The summed E-state index contributed by atoms with van der Waals surface area (Å²) in [6.07, 6.45) is 3.64. The predicted molar refractivity (Wildman–Crippen MR) is 77.8 cm³/mol. The molecule has 1 aliphatic carbocycles. The Balaban J connectivity index is 1.62. The summed E-state index contributed by atoms with van der Waals surface area (Å²) in [6.45, 7) is 1.01. The van der Waals surface area contributed by atoms with Crippen LogP contribution in [0.5, 0.6) is 0 Å². The molecule has 2 aromatic rings. The summed E-state index contributed by atoms with van der Waals surface area (Å²) in [5, 5.41) is 14.1. The molecule has 1 heterocycles. The van der Waals surface area contributed by atoms with Gasteiger partial charge in [-0.3, -0.25) is 0 Å². The van der Waals surface area contributed by atoms with Crippen LogP contribution in [0.4, 0.5) is 0 Å². The van der Waals surface area contributed by atoms with Gasteiger partial charge in [0.15, 0.2) is 0 Å². The number of halogens is 1. The number of rotatable bonds is 5. The SMILES string of the molecule is Brc1ccc(-c2nnc(CCNC3CC3)s2)cc1. The van der Waals surface area contributed by atoms with Gasteiger partial charge in [0.05, 0.1) is 0 Å². The first-order valence-electron chi connectivity index (χ1n) is 6.13. The first-order chi connectivity index (χ1) is 8.81. The van der Waals surface area contributed by atoms with E-state index in [1.54, 1.807) is 11.3 Å². The van der Waals surface area contributed by atoms with E-state index in [-0.39, 0.29) is 0 Å². The van der Waals surface area contributed by atoms with Gasteiger partial charge in [0.2, 0.25) is 0 Å². The smallest absolute Gasteiger partial charge is 0.147 e. The minimum atomic E-state index is 0.767. The molecule has 1 saturated carbocycles. The normalized spacial score (nSPS) is 14.9. The van der Waals surface area contributed by atoms with Crippen molar-refractivity contribution in [1.82, 2.24) is 15.5 Å². The van der Waals surface area contributed by atoms with E-state index in [9.17, 15) is 0 Å². The quantitative estimate of drug-likeness (QED) is 0.917. The lowest BCUT2D eigenvalue weighted by Gasteiger charge is -1.98. The lowest BCUT2D eigenvalue weighted by Crippen LogP contribution is -2.19. The van der Waals surface area contributed by atoms with Crippen molar-refractivity contribution in [2.24, 2.45) is 0 Å². The molecule has 1 fully saturated rings. The highest BCUT2D eigenvalue weighted by Gasteiger charge is 2.19. The lowest BCUT2D eigenvalue weighted by atomic mass is 10.2. The fourth-order valence-electron chi connectivity index (χ4n) is 1.73. The van der Waals surface area contributed by atoms with Gasteiger partial charge in [0, 0.05) is 29.0 Å². The Kier molecular flexibility index (Phi) is 3.72. The van der Waals surface area contributed by atoms with Crippen LogP contribution in [-0.4, -0.2) is 22.8 Å². The minimum absolute atomic E-state index is 0.767. The number of benzene rings is 1. The maximum Gasteiger partial charge on any atom is 0.147 e. The molecular formula is C13H14BrN3S. The first kappa shape index (κ1) is 12.3. The van der Waals surface area contributed by atoms with E-state index in [0.717, 1.165) is 39.1 Å². The second-order valence-electron chi connectivity index (χ2n) is 4.49. The Morgan fingerprint density at radius 2 is 2.00 bits per heavy atom. The molecule has 0 unspecified atom stereocenters. The molecule has 1 aromatic heterocycles. The number of hydrogen-bond donors (Lipinski definition) is 1. The maximum absolute atomic E-state index is 4.25. The number of aromatic nitrogens is 2. The number of nitrogens with zero attached hydrogens (tertiary/aromatic N) is 2. The highest BCUT2D eigenvalue weighted by molar-refractivity contribution is 9.10. The topological polar surface area (TPSA) is 37.8 Å². The van der Waals surface area contributed by atoms with Gasteiger partial charge in [0.25, 0.3) is 0 Å². The van der Waals surface area contributed by atoms with Crippen LogP contribution in [-0.2, 0) is 6.42 Å². The van der Waals surface area contributed by atoms with Crippen LogP contribution in [0.25, 0.3) is 10.6 Å². The zero-order valence-corrected chi connectivity index (χ0v) is 12.3. The molecular weight excluding hydrogens is 310 g/mol. The highest BCUT2D eigenvalue weighted by atomic mass is 79.9. The maximum atomic E-state index is 4.25. The summed E-state index contributed by atoms with van der Waals surface area (Å²) in [5.41, 5.74) is 1.14. The second-order valence-corrected chi connectivity index (χ2v) is 6.46. The van der Waals surface area contributed by atoms with Crippen LogP contribution in [0.15, 0.2) is 28.7 Å². The monoisotopic (exact) mass is 323 g/mol. The molecule has 5 heteroatoms. The summed E-state index contributed by atoms with van der Waals surface area (Å²) in [6, 6.07) is 8.97. The van der Waals surface area contributed by atoms with Crippen LogP contribution in [0.1, 0.15) is 17.8 Å². The summed E-state index contributed by atoms with van der Waals surface area (Å²) >= 11 is 5.12. The Morgan fingerprint density at radius 1 is 1.22 bits per heavy atom. The van der Waals surface area contributed by atoms with Crippen molar-refractivity contribution in [3.05, 3.63) is 33.7 Å². The van der Waals surface area contributed by atoms with E-state index in [1.165, 1.54) is 12.8 Å². The molecule has 0 atom stereocenters. The Morgan fingerprint density at radius 3 is 2.72 bits per heavy atom. The molecule has 0 saturated heterocycles. The predicted octanol–water partition coefficient (Wildman–Crippen LogP) is 3.26. The minimum Gasteiger partial charge on any atom is -0.314 e. The molecule has 94 valence electrons. The van der Waals surface area contributed by atoms with Gasteiger partial charge in [-0.2, -0.15) is 0 Å². The molecule has 18 heavy (non-hydrogen) atoms. The van der Waals surface area contributed by atoms with Gasteiger partial charge in [-0.05, 0) is 25.0 Å². The Bertz CT molecular complexity index is 519. The molecule has 3 rings (SSSR count). The van der Waals surface area contributed by atoms with Crippen molar-refractivity contribution in [3.8, 4) is 10.6 Å². The van der Waals surface area contributed by atoms with Crippen LogP contribution < -0.4 is 5.32 Å². The molecule has 3 nitrogen and oxygen atoms in total. The van der Waals surface area contributed by atoms with E-state index in [4.69, 9.17) is 0 Å². The molecule has 0 amide bonds. The fourth-order valence-corrected chi connectivity index (χ4v) is 2.84. The fraction of sp³-hybridized carbons (Fsp3) is 0.385. The van der Waals surface area contributed by atoms with Crippen LogP contribution in [0, 0.1) is 0 Å². The van der Waals surface area contributed by atoms with Gasteiger partial charge in [0.1, 0.15) is 10.0 Å². The number of hydrogen-bond acceptors (Lipinski definition) is 4. The van der Waals surface area contributed by atoms with Gasteiger partial charge >= 0.3 is 0 Å². The average molecular weight is 324 g/mol.